The van der Waals surface area contributed by atoms with Gasteiger partial charge in [0, 0.05) is 18.4 Å². The van der Waals surface area contributed by atoms with Crippen molar-refractivity contribution in [3.05, 3.63) is 64.2 Å². The molecule has 10 heteroatoms. The van der Waals surface area contributed by atoms with Crippen molar-refractivity contribution in [3.8, 4) is 0 Å². The van der Waals surface area contributed by atoms with Crippen LogP contribution in [0, 0.1) is 0 Å². The van der Waals surface area contributed by atoms with Crippen LogP contribution in [-0.2, 0) is 14.8 Å². The molecule has 0 aliphatic carbocycles. The molecule has 0 radical (unpaired) electrons. The summed E-state index contributed by atoms with van der Waals surface area (Å²) in [7, 11) is -2.34. The summed E-state index contributed by atoms with van der Waals surface area (Å²) >= 11 is 2.42. The normalized spacial score (nSPS) is 11.4. The largest absolute Gasteiger partial charge is 0.325 e. The Balaban J connectivity index is 1.62. The zero-order valence-electron chi connectivity index (χ0n) is 14.8. The van der Waals surface area contributed by atoms with Gasteiger partial charge in [0.05, 0.1) is 11.4 Å². The number of carbonyl (C=O) groups excluding carboxylic acids is 2. The fourth-order valence-electron chi connectivity index (χ4n) is 2.33. The summed E-state index contributed by atoms with van der Waals surface area (Å²) in [5.41, 5.74) is 0.978. The van der Waals surface area contributed by atoms with Gasteiger partial charge in [-0.1, -0.05) is 18.2 Å². The second-order valence-electron chi connectivity index (χ2n) is 5.75. The van der Waals surface area contributed by atoms with Crippen LogP contribution in [0.25, 0.3) is 0 Å². The van der Waals surface area contributed by atoms with Crippen molar-refractivity contribution in [1.82, 2.24) is 4.31 Å². The molecule has 0 unspecified atom stereocenters. The number of anilines is 2. The van der Waals surface area contributed by atoms with Gasteiger partial charge in [0.1, 0.15) is 4.21 Å². The Morgan fingerprint density at radius 3 is 2.29 bits per heavy atom. The summed E-state index contributed by atoms with van der Waals surface area (Å²) in [6.07, 6.45) is 0. The molecule has 7 nitrogen and oxygen atoms in total. The van der Waals surface area contributed by atoms with E-state index in [1.54, 1.807) is 47.8 Å². The van der Waals surface area contributed by atoms with Crippen molar-refractivity contribution in [2.45, 2.75) is 4.21 Å². The highest BCUT2D eigenvalue weighted by atomic mass is 32.2. The number of benzene rings is 1. The molecule has 2 aromatic heterocycles. The van der Waals surface area contributed by atoms with Crippen LogP contribution in [0.4, 0.5) is 11.4 Å². The van der Waals surface area contributed by atoms with E-state index < -0.39 is 15.9 Å². The molecule has 0 bridgehead atoms. The van der Waals surface area contributed by atoms with Crippen molar-refractivity contribution in [3.63, 3.8) is 0 Å². The molecule has 0 fully saturated rings. The molecule has 2 heterocycles. The quantitative estimate of drug-likeness (QED) is 0.595. The van der Waals surface area contributed by atoms with Crippen LogP contribution >= 0.6 is 22.7 Å². The highest BCUT2D eigenvalue weighted by molar-refractivity contribution is 7.91. The van der Waals surface area contributed by atoms with Gasteiger partial charge in [-0.25, -0.2) is 8.42 Å². The molecule has 3 aromatic rings. The molecule has 0 aliphatic heterocycles. The Hall–Kier alpha value is -2.53. The highest BCUT2D eigenvalue weighted by Crippen LogP contribution is 2.20. The lowest BCUT2D eigenvalue weighted by molar-refractivity contribution is -0.116. The summed E-state index contributed by atoms with van der Waals surface area (Å²) in [6, 6.07) is 13.3. The standard InChI is InChI=1S/C18H17N3O4S3/c1-21(28(24,25)17-8-4-10-27-17)12-16(22)19-13-5-2-6-14(11-13)20-18(23)15-7-3-9-26-15/h2-11H,12H2,1H3,(H,19,22)(H,20,23). The predicted octanol–water partition coefficient (Wildman–Crippen LogP) is 3.32. The molecule has 2 N–H and O–H groups in total. The van der Waals surface area contributed by atoms with Crippen LogP contribution in [0.15, 0.2) is 63.5 Å². The van der Waals surface area contributed by atoms with E-state index in [2.05, 4.69) is 10.6 Å². The molecular weight excluding hydrogens is 418 g/mol. The maximum atomic E-state index is 12.4. The maximum absolute atomic E-state index is 12.4. The maximum Gasteiger partial charge on any atom is 0.265 e. The van der Waals surface area contributed by atoms with Crippen LogP contribution < -0.4 is 10.6 Å². The van der Waals surface area contributed by atoms with E-state index >= 15 is 0 Å². The molecule has 0 atom stereocenters. The topological polar surface area (TPSA) is 95.6 Å². The lowest BCUT2D eigenvalue weighted by Crippen LogP contribution is -2.34. The number of likely N-dealkylation sites (N-methyl/N-ethyl adjacent to an activating group) is 1. The molecule has 1 aromatic carbocycles. The minimum absolute atomic E-state index is 0.182. The second-order valence-corrected chi connectivity index (χ2v) is 9.92. The second kappa shape index (κ2) is 8.65. The summed E-state index contributed by atoms with van der Waals surface area (Å²) < 4.78 is 25.9. The number of nitrogens with zero attached hydrogens (tertiary/aromatic N) is 1. The molecule has 0 saturated heterocycles. The highest BCUT2D eigenvalue weighted by Gasteiger charge is 2.23. The first-order chi connectivity index (χ1) is 13.4. The van der Waals surface area contributed by atoms with Crippen LogP contribution in [0.5, 0.6) is 0 Å². The third-order valence-corrected chi connectivity index (χ3v) is 7.72. The molecule has 0 aliphatic rings. The first-order valence-electron chi connectivity index (χ1n) is 8.11. The van der Waals surface area contributed by atoms with Crippen molar-refractivity contribution >= 4 is 55.9 Å². The molecule has 0 spiro atoms. The Morgan fingerprint density at radius 1 is 0.964 bits per heavy atom. The number of nitrogens with one attached hydrogen (secondary N) is 2. The Morgan fingerprint density at radius 2 is 1.64 bits per heavy atom. The Kier molecular flexibility index (Phi) is 6.25. The lowest BCUT2D eigenvalue weighted by Gasteiger charge is -2.16. The zero-order valence-corrected chi connectivity index (χ0v) is 17.2. The molecule has 3 rings (SSSR count). The summed E-state index contributed by atoms with van der Waals surface area (Å²) in [6.45, 7) is -0.327. The summed E-state index contributed by atoms with van der Waals surface area (Å²) in [5, 5.41) is 8.88. The minimum Gasteiger partial charge on any atom is -0.325 e. The Labute approximate surface area is 170 Å². The summed E-state index contributed by atoms with van der Waals surface area (Å²) in [5.74, 6) is -0.718. The monoisotopic (exact) mass is 435 g/mol. The number of amides is 2. The first-order valence-corrected chi connectivity index (χ1v) is 11.3. The van der Waals surface area contributed by atoms with Crippen molar-refractivity contribution in [1.29, 1.82) is 0 Å². The lowest BCUT2D eigenvalue weighted by atomic mass is 10.2. The fraction of sp³-hybridized carbons (Fsp3) is 0.111. The van der Waals surface area contributed by atoms with Crippen LogP contribution in [0.1, 0.15) is 9.67 Å². The smallest absolute Gasteiger partial charge is 0.265 e. The average molecular weight is 436 g/mol. The molecule has 2 amide bonds. The van der Waals surface area contributed by atoms with E-state index in [0.29, 0.717) is 16.3 Å². The van der Waals surface area contributed by atoms with Gasteiger partial charge in [0.15, 0.2) is 0 Å². The van der Waals surface area contributed by atoms with E-state index in [0.717, 1.165) is 15.6 Å². The molecule has 146 valence electrons. The van der Waals surface area contributed by atoms with Crippen molar-refractivity contribution in [2.24, 2.45) is 0 Å². The van der Waals surface area contributed by atoms with Crippen LogP contribution in [0.3, 0.4) is 0 Å². The molecule has 28 heavy (non-hydrogen) atoms. The SMILES string of the molecule is CN(CC(=O)Nc1cccc(NC(=O)c2cccs2)c1)S(=O)(=O)c1cccs1. The van der Waals surface area contributed by atoms with E-state index in [1.165, 1.54) is 24.5 Å². The molecular formula is C18H17N3O4S3. The first kappa shape index (κ1) is 20.2. The van der Waals surface area contributed by atoms with Gasteiger partial charge in [0.2, 0.25) is 5.91 Å². The van der Waals surface area contributed by atoms with Crippen LogP contribution in [0.2, 0.25) is 0 Å². The van der Waals surface area contributed by atoms with Gasteiger partial charge in [-0.3, -0.25) is 9.59 Å². The number of thiophene rings is 2. The van der Waals surface area contributed by atoms with Gasteiger partial charge in [-0.15, -0.1) is 22.7 Å². The van der Waals surface area contributed by atoms with E-state index in [1.807, 2.05) is 5.38 Å². The number of rotatable bonds is 7. The number of hydrogen-bond donors (Lipinski definition) is 2. The molecule has 0 saturated carbocycles. The Bertz CT molecular complexity index is 1060. The van der Waals surface area contributed by atoms with Gasteiger partial charge in [-0.2, -0.15) is 4.31 Å². The third-order valence-electron chi connectivity index (χ3n) is 3.68. The van der Waals surface area contributed by atoms with Gasteiger partial charge in [0.25, 0.3) is 15.9 Å². The summed E-state index contributed by atoms with van der Waals surface area (Å²) in [4.78, 5) is 25.0. The van der Waals surface area contributed by atoms with E-state index in [9.17, 15) is 18.0 Å². The fourth-order valence-corrected chi connectivity index (χ4v) is 5.27. The van der Waals surface area contributed by atoms with Crippen molar-refractivity contribution in [2.75, 3.05) is 24.2 Å². The number of sulfonamides is 1. The van der Waals surface area contributed by atoms with Gasteiger partial charge < -0.3 is 10.6 Å². The predicted molar refractivity (Wildman–Crippen MR) is 111 cm³/mol. The third kappa shape index (κ3) is 4.84. The van der Waals surface area contributed by atoms with Gasteiger partial charge in [-0.05, 0) is 41.1 Å². The number of hydrogen-bond acceptors (Lipinski definition) is 6. The van der Waals surface area contributed by atoms with Gasteiger partial charge >= 0.3 is 0 Å². The number of carbonyl (C=O) groups is 2. The zero-order chi connectivity index (χ0) is 20.1. The minimum atomic E-state index is -3.70. The average Bonchev–Trinajstić information content (AvgIpc) is 3.36. The van der Waals surface area contributed by atoms with E-state index in [-0.39, 0.29) is 16.7 Å². The van der Waals surface area contributed by atoms with Crippen LogP contribution in [-0.4, -0.2) is 38.1 Å². The van der Waals surface area contributed by atoms with Crippen molar-refractivity contribution < 1.29 is 18.0 Å². The van der Waals surface area contributed by atoms with E-state index in [4.69, 9.17) is 0 Å².